The van der Waals surface area contributed by atoms with Crippen molar-refractivity contribution in [2.24, 2.45) is 11.7 Å². The molecule has 0 aromatic carbocycles. The Morgan fingerprint density at radius 2 is 1.76 bits per heavy atom. The summed E-state index contributed by atoms with van der Waals surface area (Å²) in [5.41, 5.74) is 5.78. The lowest BCUT2D eigenvalue weighted by Crippen LogP contribution is -2.52. The largest absolute Gasteiger partial charge is 0.354 e. The van der Waals surface area contributed by atoms with Crippen molar-refractivity contribution >= 4 is 11.8 Å². The van der Waals surface area contributed by atoms with Crippen LogP contribution in [-0.4, -0.2) is 30.4 Å². The van der Waals surface area contributed by atoms with Crippen LogP contribution in [-0.2, 0) is 9.59 Å². The zero-order valence-corrected chi connectivity index (χ0v) is 11.2. The monoisotopic (exact) mass is 243 g/mol. The van der Waals surface area contributed by atoms with Crippen molar-refractivity contribution in [1.82, 2.24) is 10.6 Å². The van der Waals surface area contributed by atoms with Gasteiger partial charge in [0.25, 0.3) is 0 Å². The van der Waals surface area contributed by atoms with E-state index in [1.807, 2.05) is 20.8 Å². The molecular weight excluding hydrogens is 218 g/mol. The van der Waals surface area contributed by atoms with Gasteiger partial charge in [0.15, 0.2) is 0 Å². The van der Waals surface area contributed by atoms with Crippen molar-refractivity contribution in [3.63, 3.8) is 0 Å². The van der Waals surface area contributed by atoms with Gasteiger partial charge in [-0.15, -0.1) is 0 Å². The van der Waals surface area contributed by atoms with Crippen LogP contribution in [0.5, 0.6) is 0 Å². The Balaban J connectivity index is 4.14. The van der Waals surface area contributed by atoms with Gasteiger partial charge in [0, 0.05) is 6.54 Å². The second-order valence-corrected chi connectivity index (χ2v) is 4.43. The first-order chi connectivity index (χ1) is 7.93. The molecule has 17 heavy (non-hydrogen) atoms. The molecule has 4 N–H and O–H groups in total. The molecular formula is C12H25N3O2. The fourth-order valence-electron chi connectivity index (χ4n) is 1.29. The van der Waals surface area contributed by atoms with Gasteiger partial charge in [-0.05, 0) is 19.3 Å². The first-order valence-corrected chi connectivity index (χ1v) is 6.27. The molecule has 0 aliphatic carbocycles. The van der Waals surface area contributed by atoms with E-state index >= 15 is 0 Å². The summed E-state index contributed by atoms with van der Waals surface area (Å²) in [6.07, 6.45) is 1.71. The number of amides is 2. The Morgan fingerprint density at radius 3 is 2.24 bits per heavy atom. The summed E-state index contributed by atoms with van der Waals surface area (Å²) in [6, 6.07) is -1.09. The van der Waals surface area contributed by atoms with Gasteiger partial charge in [0.2, 0.25) is 11.8 Å². The van der Waals surface area contributed by atoms with Crippen LogP contribution >= 0.6 is 0 Å². The average Bonchev–Trinajstić information content (AvgIpc) is 2.33. The minimum atomic E-state index is -0.554. The molecule has 5 heteroatoms. The van der Waals surface area contributed by atoms with E-state index in [0.29, 0.717) is 6.54 Å². The fraction of sp³-hybridized carbons (Fsp3) is 0.833. The Morgan fingerprint density at radius 1 is 1.18 bits per heavy atom. The van der Waals surface area contributed by atoms with E-state index in [-0.39, 0.29) is 17.7 Å². The maximum atomic E-state index is 11.7. The molecule has 5 nitrogen and oxygen atoms in total. The number of hydrogen-bond acceptors (Lipinski definition) is 3. The number of hydrogen-bond donors (Lipinski definition) is 3. The summed E-state index contributed by atoms with van der Waals surface area (Å²) in [5, 5.41) is 5.35. The normalized spacial score (nSPS) is 15.8. The first-order valence-electron chi connectivity index (χ1n) is 6.27. The summed E-state index contributed by atoms with van der Waals surface area (Å²) in [7, 11) is 0. The van der Waals surface area contributed by atoms with E-state index < -0.39 is 12.1 Å². The quantitative estimate of drug-likeness (QED) is 0.605. The molecule has 0 rings (SSSR count). The van der Waals surface area contributed by atoms with E-state index in [1.165, 1.54) is 0 Å². The second-order valence-electron chi connectivity index (χ2n) is 4.43. The lowest BCUT2D eigenvalue weighted by Gasteiger charge is -2.20. The van der Waals surface area contributed by atoms with Crippen molar-refractivity contribution in [1.29, 1.82) is 0 Å². The zero-order valence-electron chi connectivity index (χ0n) is 11.2. The topological polar surface area (TPSA) is 84.2 Å². The highest BCUT2D eigenvalue weighted by Gasteiger charge is 2.22. The van der Waals surface area contributed by atoms with Gasteiger partial charge in [-0.2, -0.15) is 0 Å². The van der Waals surface area contributed by atoms with Crippen LogP contribution in [0, 0.1) is 5.92 Å². The summed E-state index contributed by atoms with van der Waals surface area (Å²) in [6.45, 7) is 8.16. The van der Waals surface area contributed by atoms with E-state index in [4.69, 9.17) is 5.73 Å². The fourth-order valence-corrected chi connectivity index (χ4v) is 1.29. The van der Waals surface area contributed by atoms with E-state index in [9.17, 15) is 9.59 Å². The molecule has 2 amide bonds. The molecule has 0 spiro atoms. The van der Waals surface area contributed by atoms with Gasteiger partial charge >= 0.3 is 0 Å². The molecule has 3 atom stereocenters. The Bertz CT molecular complexity index is 256. The molecule has 0 saturated heterocycles. The molecule has 0 radical (unpaired) electrons. The lowest BCUT2D eigenvalue weighted by atomic mass is 9.99. The molecule has 0 aliphatic rings. The van der Waals surface area contributed by atoms with Crippen molar-refractivity contribution in [3.05, 3.63) is 0 Å². The highest BCUT2D eigenvalue weighted by Crippen LogP contribution is 2.05. The Labute approximate surface area is 104 Å². The second kappa shape index (κ2) is 8.06. The third-order valence-corrected chi connectivity index (χ3v) is 2.86. The summed E-state index contributed by atoms with van der Waals surface area (Å²) >= 11 is 0. The Hall–Kier alpha value is -1.10. The van der Waals surface area contributed by atoms with Crippen LogP contribution in [0.4, 0.5) is 0 Å². The van der Waals surface area contributed by atoms with Gasteiger partial charge < -0.3 is 16.4 Å². The van der Waals surface area contributed by atoms with Gasteiger partial charge in [-0.25, -0.2) is 0 Å². The summed E-state index contributed by atoms with van der Waals surface area (Å²) in [5.74, 6) is -0.323. The number of nitrogens with one attached hydrogen (secondary N) is 2. The molecule has 0 aromatic heterocycles. The molecule has 0 fully saturated rings. The summed E-state index contributed by atoms with van der Waals surface area (Å²) in [4.78, 5) is 23.2. The maximum Gasteiger partial charge on any atom is 0.242 e. The highest BCUT2D eigenvalue weighted by atomic mass is 16.2. The molecule has 100 valence electrons. The molecule has 0 aromatic rings. The number of nitrogens with two attached hydrogens (primary N) is 1. The van der Waals surface area contributed by atoms with Crippen molar-refractivity contribution < 1.29 is 9.59 Å². The third kappa shape index (κ3) is 5.68. The maximum absolute atomic E-state index is 11.7. The van der Waals surface area contributed by atoms with Crippen LogP contribution in [0.15, 0.2) is 0 Å². The zero-order chi connectivity index (χ0) is 13.4. The van der Waals surface area contributed by atoms with E-state index in [0.717, 1.165) is 12.8 Å². The number of carbonyl (C=O) groups is 2. The van der Waals surface area contributed by atoms with Crippen molar-refractivity contribution in [2.45, 2.75) is 52.6 Å². The molecule has 0 aliphatic heterocycles. The van der Waals surface area contributed by atoms with Gasteiger partial charge in [-0.3, -0.25) is 9.59 Å². The van der Waals surface area contributed by atoms with Crippen LogP contribution in [0.1, 0.15) is 40.5 Å². The minimum absolute atomic E-state index is 0.112. The predicted molar refractivity (Wildman–Crippen MR) is 68.3 cm³/mol. The molecule has 0 saturated carbocycles. The smallest absolute Gasteiger partial charge is 0.242 e. The van der Waals surface area contributed by atoms with E-state index in [2.05, 4.69) is 10.6 Å². The lowest BCUT2D eigenvalue weighted by molar-refractivity contribution is -0.129. The number of carbonyl (C=O) groups excluding carboxylic acids is 2. The Kier molecular flexibility index (Phi) is 7.54. The highest BCUT2D eigenvalue weighted by molar-refractivity contribution is 5.89. The van der Waals surface area contributed by atoms with Gasteiger partial charge in [0.05, 0.1) is 6.04 Å². The van der Waals surface area contributed by atoms with Crippen LogP contribution in [0.25, 0.3) is 0 Å². The number of rotatable bonds is 7. The van der Waals surface area contributed by atoms with E-state index in [1.54, 1.807) is 6.92 Å². The van der Waals surface area contributed by atoms with Crippen LogP contribution in [0.3, 0.4) is 0 Å². The molecule has 0 heterocycles. The van der Waals surface area contributed by atoms with Crippen molar-refractivity contribution in [3.8, 4) is 0 Å². The van der Waals surface area contributed by atoms with Crippen molar-refractivity contribution in [2.75, 3.05) is 6.54 Å². The standard InChI is InChI=1S/C12H25N3O2/c1-5-7-14-11(16)9(4)15-12(17)10(13)8(3)6-2/h8-10H,5-7,13H2,1-4H3,(H,14,16)(H,15,17)/t8-,9?,10-/m0/s1. The van der Waals surface area contributed by atoms with Gasteiger partial charge in [0.1, 0.15) is 6.04 Å². The average molecular weight is 243 g/mol. The van der Waals surface area contributed by atoms with Gasteiger partial charge in [-0.1, -0.05) is 27.2 Å². The van der Waals surface area contributed by atoms with Crippen LogP contribution in [0.2, 0.25) is 0 Å². The predicted octanol–water partition coefficient (Wildman–Crippen LogP) is 0.391. The summed E-state index contributed by atoms with van der Waals surface area (Å²) < 4.78 is 0. The first kappa shape index (κ1) is 15.9. The molecule has 0 bridgehead atoms. The third-order valence-electron chi connectivity index (χ3n) is 2.86. The van der Waals surface area contributed by atoms with Crippen LogP contribution < -0.4 is 16.4 Å². The minimum Gasteiger partial charge on any atom is -0.354 e. The molecule has 1 unspecified atom stereocenters. The SMILES string of the molecule is CCCNC(=O)C(C)NC(=O)[C@@H](N)[C@@H](C)CC.